The van der Waals surface area contributed by atoms with Gasteiger partial charge in [0, 0.05) is 35.2 Å². The van der Waals surface area contributed by atoms with E-state index in [9.17, 15) is 0 Å². The van der Waals surface area contributed by atoms with Crippen LogP contribution in [0.5, 0.6) is 0 Å². The van der Waals surface area contributed by atoms with Crippen molar-refractivity contribution in [1.82, 2.24) is 0 Å². The van der Waals surface area contributed by atoms with Gasteiger partial charge in [-0.3, -0.25) is 0 Å². The van der Waals surface area contributed by atoms with Crippen molar-refractivity contribution in [2.45, 2.75) is 115 Å². The van der Waals surface area contributed by atoms with Gasteiger partial charge in [-0.15, -0.1) is 0 Å². The zero-order valence-electron chi connectivity index (χ0n) is 24.5. The van der Waals surface area contributed by atoms with Gasteiger partial charge < -0.3 is 0 Å². The molecule has 0 unspecified atom stereocenters. The van der Waals surface area contributed by atoms with Crippen LogP contribution in [0.3, 0.4) is 0 Å². The van der Waals surface area contributed by atoms with E-state index in [2.05, 4.69) is 115 Å². The Kier molecular flexibility index (Phi) is 120. The molecule has 0 aliphatic rings. The predicted molar refractivity (Wildman–Crippen MR) is 169 cm³/mol. The van der Waals surface area contributed by atoms with Crippen molar-refractivity contribution in [2.75, 3.05) is 0 Å². The van der Waals surface area contributed by atoms with Crippen LogP contribution < -0.4 is 0 Å². The summed E-state index contributed by atoms with van der Waals surface area (Å²) in [4.78, 5) is 0. The summed E-state index contributed by atoms with van der Waals surface area (Å²) in [6.07, 6.45) is 0. The molecule has 0 aromatic rings. The van der Waals surface area contributed by atoms with E-state index in [1.807, 2.05) is 0 Å². The first-order chi connectivity index (χ1) is 11.8. The minimum Gasteiger partial charge on any atom is 0 e. The Morgan fingerprint density at radius 1 is 0.276 bits per heavy atom. The molecule has 9 heteroatoms. The van der Waals surface area contributed by atoms with Gasteiger partial charge in [0.15, 0.2) is 0 Å². The minimum absolute atomic E-state index is 0. The van der Waals surface area contributed by atoms with Crippen molar-refractivity contribution < 1.29 is 0 Å². The maximum atomic E-state index is 2.33. The molecule has 0 atom stereocenters. The molecule has 0 heterocycles. The summed E-state index contributed by atoms with van der Waals surface area (Å²) < 4.78 is 0. The molecular formula is C20H60Ge9. The Labute approximate surface area is 248 Å². The van der Waals surface area contributed by atoms with Crippen molar-refractivity contribution in [1.29, 1.82) is 0 Å². The van der Waals surface area contributed by atoms with Gasteiger partial charge in [-0.1, -0.05) is 0 Å². The molecule has 0 rings (SSSR count). The van der Waals surface area contributed by atoms with E-state index >= 15 is 0 Å². The minimum atomic E-state index is -0.333. The molecule has 0 N–H and O–H groups in total. The molecule has 0 bridgehead atoms. The van der Waals surface area contributed by atoms with Gasteiger partial charge in [-0.25, -0.2) is 0 Å². The molecule has 0 aromatic heterocycles. The van der Waals surface area contributed by atoms with Crippen molar-refractivity contribution in [3.8, 4) is 0 Å². The Hall–Kier alpha value is 4.89. The second-order valence-corrected chi connectivity index (χ2v) is 49.4. The second kappa shape index (κ2) is 58.6. The van der Waals surface area contributed by atoms with Crippen LogP contribution in [-0.2, 0) is 0 Å². The Bertz CT molecular complexity index is 112. The fourth-order valence-corrected chi connectivity index (χ4v) is 0. The molecule has 0 aliphatic heterocycles. The van der Waals surface area contributed by atoms with Crippen LogP contribution in [0.25, 0.3) is 0 Å². The van der Waals surface area contributed by atoms with E-state index in [4.69, 9.17) is 0 Å². The van der Waals surface area contributed by atoms with Gasteiger partial charge in [-0.05, 0) is 0 Å². The fraction of sp³-hybridized carbons (Fsp3) is 1.00. The summed E-state index contributed by atoms with van der Waals surface area (Å²) in [5.41, 5.74) is 0. The van der Waals surface area contributed by atoms with Crippen molar-refractivity contribution in [3.05, 3.63) is 0 Å². The maximum Gasteiger partial charge on any atom is 0 e. The first kappa shape index (κ1) is 59.2. The number of hydrogen-bond donors (Lipinski definition) is 0. The molecular weight excluding hydrogens is 894 g/mol. The summed E-state index contributed by atoms with van der Waals surface area (Å²) in [7, 11) is 0. The van der Waals surface area contributed by atoms with E-state index in [0.717, 1.165) is 0 Å². The summed E-state index contributed by atoms with van der Waals surface area (Å²) in [5, 5.41) is 0. The monoisotopic (exact) mass is 966 g/mol. The topological polar surface area (TPSA) is 0 Å². The maximum absolute atomic E-state index is 2.33. The second-order valence-electron chi connectivity index (χ2n) is 9.50. The third kappa shape index (κ3) is 1310. The smallest absolute Gasteiger partial charge is 0 e. The van der Waals surface area contributed by atoms with Crippen LogP contribution >= 0.6 is 0 Å². The fourth-order valence-electron chi connectivity index (χ4n) is 0. The van der Waals surface area contributed by atoms with E-state index in [0.29, 0.717) is 15.4 Å². The van der Waals surface area contributed by atoms with Gasteiger partial charge >= 0.3 is 217 Å². The van der Waals surface area contributed by atoms with Gasteiger partial charge in [0.1, 0.15) is 0 Å². The van der Waals surface area contributed by atoms with E-state index in [-0.39, 0.29) is 121 Å². The normalized spacial score (nSPS) is 8.07. The van der Waals surface area contributed by atoms with Crippen molar-refractivity contribution in [2.24, 2.45) is 0 Å². The zero-order valence-corrected chi connectivity index (χ0v) is 43.4. The molecule has 0 fully saturated rings. The Balaban J connectivity index is -0.0000000228. The van der Waals surface area contributed by atoms with E-state index < -0.39 is 0 Å². The van der Waals surface area contributed by atoms with E-state index in [1.165, 1.54) is 0 Å². The average Bonchev–Trinajstić information content (AvgIpc) is 2.22. The van der Waals surface area contributed by atoms with Crippen molar-refractivity contribution in [3.63, 3.8) is 0 Å². The van der Waals surface area contributed by atoms with Crippen LogP contribution in [0.1, 0.15) is 0 Å². The van der Waals surface area contributed by atoms with Gasteiger partial charge in [0.05, 0.1) is 0 Å². The molecule has 16 radical (unpaired) electrons. The van der Waals surface area contributed by atoms with Crippen LogP contribution in [-0.4, -0.2) is 137 Å². The third-order valence-corrected chi connectivity index (χ3v) is 0. The van der Waals surface area contributed by atoms with E-state index in [1.54, 1.807) is 0 Å². The molecule has 0 spiro atoms. The number of hydrogen-bond acceptors (Lipinski definition) is 0. The quantitative estimate of drug-likeness (QED) is 0.215. The average molecular weight is 954 g/mol. The molecule has 29 heavy (non-hydrogen) atoms. The van der Waals surface area contributed by atoms with Crippen LogP contribution in [0.4, 0.5) is 0 Å². The molecule has 0 aromatic carbocycles. The first-order valence-corrected chi connectivity index (χ1v) is 52.0. The summed E-state index contributed by atoms with van der Waals surface area (Å²) in [6.45, 7) is 0. The summed E-state index contributed by atoms with van der Waals surface area (Å²) in [5.74, 6) is 46.5. The predicted octanol–water partition coefficient (Wildman–Crippen LogP) is 8.25. The van der Waals surface area contributed by atoms with Gasteiger partial charge in [0.25, 0.3) is 0 Å². The summed E-state index contributed by atoms with van der Waals surface area (Å²) >= 11 is -1.50. The largest absolute Gasteiger partial charge is 0 e. The molecule has 0 nitrogen and oxygen atoms in total. The first-order valence-electron chi connectivity index (χ1n) is 10.0. The molecule has 0 saturated heterocycles. The van der Waals surface area contributed by atoms with Gasteiger partial charge in [0.2, 0.25) is 0 Å². The van der Waals surface area contributed by atoms with Crippen LogP contribution in [0.2, 0.25) is 115 Å². The van der Waals surface area contributed by atoms with Gasteiger partial charge in [-0.2, -0.15) is 0 Å². The Morgan fingerprint density at radius 3 is 0.276 bits per heavy atom. The summed E-state index contributed by atoms with van der Waals surface area (Å²) in [6, 6.07) is 0. The van der Waals surface area contributed by atoms with Crippen LogP contribution in [0.15, 0.2) is 0 Å². The Morgan fingerprint density at radius 2 is 0.276 bits per heavy atom. The molecule has 176 valence electrons. The number of rotatable bonds is 0. The molecule has 0 saturated carbocycles. The third-order valence-electron chi connectivity index (χ3n) is 0. The SMILES string of the molecule is [CH3][Ge]([CH3])[CH3].[CH3][Ge]([CH3])[CH3].[CH3][Ge]([CH3])[CH3].[CH3][Ge]([CH3])[CH3].[CH3][Ge]([CH3])[CH3].[CH3][Ge]([CH3])[CH3].[CH3][Ge][CH3].[Ge].[Ge]. The zero-order chi connectivity index (χ0) is 24.2. The van der Waals surface area contributed by atoms with Crippen molar-refractivity contribution >= 4 is 137 Å². The molecule has 0 amide bonds. The van der Waals surface area contributed by atoms with Crippen LogP contribution in [0, 0.1) is 0 Å². The molecule has 0 aliphatic carbocycles. The standard InChI is InChI=1S/6C3H9Ge.C2H6Ge.2Ge/c6*1-4(2)3;1-3-2;;/h6*1-3H3;1-2H3;;.